The lowest BCUT2D eigenvalue weighted by atomic mass is 10.4. The molecule has 0 amide bonds. The van der Waals surface area contributed by atoms with E-state index in [-0.39, 0.29) is 0 Å². The number of aliphatic imine (C=N–C) groups is 2. The van der Waals surface area contributed by atoms with E-state index < -0.39 is 0 Å². The largest absolute Gasteiger partial charge is 0.282 e. The van der Waals surface area contributed by atoms with Crippen molar-refractivity contribution in [2.24, 2.45) is 9.98 Å². The van der Waals surface area contributed by atoms with Gasteiger partial charge in [-0.1, -0.05) is 0 Å². The number of hydrogen-bond donors (Lipinski definition) is 0. The number of thioether (sulfide) groups is 2. The van der Waals surface area contributed by atoms with Crippen molar-refractivity contribution >= 4 is 33.6 Å². The molecule has 0 spiro atoms. The molecule has 2 nitrogen and oxygen atoms in total. The van der Waals surface area contributed by atoms with Crippen LogP contribution in [0.5, 0.6) is 0 Å². The van der Waals surface area contributed by atoms with E-state index in [2.05, 4.69) is 30.8 Å². The van der Waals surface area contributed by atoms with Gasteiger partial charge >= 0.3 is 0 Å². The van der Waals surface area contributed by atoms with Gasteiger partial charge in [0.05, 0.1) is 16.1 Å². The van der Waals surface area contributed by atoms with Crippen LogP contribution in [0, 0.1) is 0 Å². The molecule has 0 aromatic carbocycles. The molecule has 13 heavy (non-hydrogen) atoms. The van der Waals surface area contributed by atoms with Gasteiger partial charge in [0.1, 0.15) is 0 Å². The highest BCUT2D eigenvalue weighted by molar-refractivity contribution is 8.14. The van der Waals surface area contributed by atoms with Crippen LogP contribution in [0.15, 0.2) is 9.98 Å². The fraction of sp³-hybridized carbons (Fsp3) is 0.778. The van der Waals surface area contributed by atoms with E-state index in [0.717, 1.165) is 6.54 Å². The standard InChI is InChI=1S/C5H9NS.C4H7NS/c1-4-3-7-5(2)6-4;1-4-5-2-3-6-4/h4H,3H2,1-2H3;2-3H2,1H3. The molecule has 0 N–H and O–H groups in total. The van der Waals surface area contributed by atoms with Crippen LogP contribution in [-0.4, -0.2) is 34.2 Å². The van der Waals surface area contributed by atoms with Crippen LogP contribution in [0.4, 0.5) is 0 Å². The van der Waals surface area contributed by atoms with E-state index in [4.69, 9.17) is 0 Å². The summed E-state index contributed by atoms with van der Waals surface area (Å²) in [6.07, 6.45) is 0. The zero-order valence-corrected chi connectivity index (χ0v) is 10.0. The van der Waals surface area contributed by atoms with Crippen LogP contribution >= 0.6 is 23.5 Å². The number of rotatable bonds is 0. The maximum absolute atomic E-state index is 4.27. The monoisotopic (exact) mass is 216 g/mol. The molecule has 2 aliphatic rings. The molecule has 2 rings (SSSR count). The van der Waals surface area contributed by atoms with E-state index in [1.807, 2.05) is 23.5 Å². The molecule has 0 bridgehead atoms. The Morgan fingerprint density at radius 2 is 2.00 bits per heavy atom. The Hall–Kier alpha value is 0.0400. The van der Waals surface area contributed by atoms with E-state index in [9.17, 15) is 0 Å². The average molecular weight is 216 g/mol. The summed E-state index contributed by atoms with van der Waals surface area (Å²) < 4.78 is 0. The van der Waals surface area contributed by atoms with Gasteiger partial charge < -0.3 is 0 Å². The third-order valence-corrected chi connectivity index (χ3v) is 3.78. The highest BCUT2D eigenvalue weighted by Gasteiger charge is 2.07. The summed E-state index contributed by atoms with van der Waals surface area (Å²) in [6, 6.07) is 0.574. The summed E-state index contributed by atoms with van der Waals surface area (Å²) in [5.41, 5.74) is 0. The van der Waals surface area contributed by atoms with Crippen molar-refractivity contribution in [1.29, 1.82) is 0 Å². The Bertz CT molecular complexity index is 224. The minimum absolute atomic E-state index is 0.574. The summed E-state index contributed by atoms with van der Waals surface area (Å²) >= 11 is 3.70. The van der Waals surface area contributed by atoms with Gasteiger partial charge in [0.2, 0.25) is 0 Å². The van der Waals surface area contributed by atoms with Gasteiger partial charge in [0.25, 0.3) is 0 Å². The normalized spacial score (nSPS) is 26.2. The van der Waals surface area contributed by atoms with E-state index in [0.29, 0.717) is 6.04 Å². The third kappa shape index (κ3) is 4.72. The first-order valence-corrected chi connectivity index (χ1v) is 6.46. The second kappa shape index (κ2) is 5.70. The third-order valence-electron chi connectivity index (χ3n) is 1.67. The summed E-state index contributed by atoms with van der Waals surface area (Å²) in [5, 5.41) is 2.49. The van der Waals surface area contributed by atoms with Crippen LogP contribution in [0.1, 0.15) is 20.8 Å². The van der Waals surface area contributed by atoms with Crippen molar-refractivity contribution in [3.63, 3.8) is 0 Å². The van der Waals surface area contributed by atoms with Crippen LogP contribution in [0.2, 0.25) is 0 Å². The number of hydrogen-bond acceptors (Lipinski definition) is 4. The van der Waals surface area contributed by atoms with Gasteiger partial charge in [0.15, 0.2) is 0 Å². The fourth-order valence-electron chi connectivity index (χ4n) is 1.07. The molecule has 0 aliphatic carbocycles. The second-order valence-electron chi connectivity index (χ2n) is 3.06. The molecular weight excluding hydrogens is 200 g/mol. The van der Waals surface area contributed by atoms with Crippen molar-refractivity contribution in [3.05, 3.63) is 0 Å². The van der Waals surface area contributed by atoms with Crippen molar-refractivity contribution in [1.82, 2.24) is 0 Å². The Morgan fingerprint density at radius 3 is 2.15 bits per heavy atom. The Morgan fingerprint density at radius 1 is 1.23 bits per heavy atom. The quantitative estimate of drug-likeness (QED) is 0.622. The van der Waals surface area contributed by atoms with Gasteiger partial charge in [0, 0.05) is 18.1 Å². The lowest BCUT2D eigenvalue weighted by molar-refractivity contribution is 0.865. The molecule has 0 saturated heterocycles. The highest BCUT2D eigenvalue weighted by Crippen LogP contribution is 2.15. The summed E-state index contributed by atoms with van der Waals surface area (Å²) in [6.45, 7) is 7.30. The van der Waals surface area contributed by atoms with Gasteiger partial charge in [-0.25, -0.2) is 0 Å². The SMILES string of the molecule is CC1=NC(C)CS1.CC1=NCCS1. The van der Waals surface area contributed by atoms with E-state index in [1.165, 1.54) is 21.6 Å². The average Bonchev–Trinajstić information content (AvgIpc) is 2.64. The molecule has 0 aromatic heterocycles. The fourth-order valence-corrected chi connectivity index (χ4v) is 2.54. The minimum atomic E-state index is 0.574. The summed E-state index contributed by atoms with van der Waals surface area (Å²) in [5.74, 6) is 2.39. The summed E-state index contributed by atoms with van der Waals surface area (Å²) in [7, 11) is 0. The first-order valence-electron chi connectivity index (χ1n) is 4.49. The van der Waals surface area contributed by atoms with Crippen molar-refractivity contribution in [2.75, 3.05) is 18.1 Å². The van der Waals surface area contributed by atoms with Crippen molar-refractivity contribution in [3.8, 4) is 0 Å². The minimum Gasteiger partial charge on any atom is -0.282 e. The van der Waals surface area contributed by atoms with Gasteiger partial charge in [-0.2, -0.15) is 0 Å². The maximum Gasteiger partial charge on any atom is 0.0649 e. The first-order chi connectivity index (χ1) is 6.18. The van der Waals surface area contributed by atoms with Gasteiger partial charge in [-0.15, -0.1) is 23.5 Å². The lowest BCUT2D eigenvalue weighted by Crippen LogP contribution is -1.92. The molecule has 74 valence electrons. The van der Waals surface area contributed by atoms with Crippen LogP contribution in [0.25, 0.3) is 0 Å². The van der Waals surface area contributed by atoms with Crippen LogP contribution in [0.3, 0.4) is 0 Å². The predicted octanol–water partition coefficient (Wildman–Crippen LogP) is 2.69. The van der Waals surface area contributed by atoms with Crippen molar-refractivity contribution < 1.29 is 0 Å². The second-order valence-corrected chi connectivity index (χ2v) is 5.56. The molecular formula is C9H16N2S2. The summed E-state index contributed by atoms with van der Waals surface area (Å²) in [4.78, 5) is 8.38. The molecule has 2 heterocycles. The van der Waals surface area contributed by atoms with Crippen molar-refractivity contribution in [2.45, 2.75) is 26.8 Å². The number of nitrogens with zero attached hydrogens (tertiary/aromatic N) is 2. The van der Waals surface area contributed by atoms with Gasteiger partial charge in [-0.05, 0) is 20.8 Å². The molecule has 0 saturated carbocycles. The zero-order chi connectivity index (χ0) is 9.68. The molecule has 2 aliphatic heterocycles. The Kier molecular flexibility index (Phi) is 4.88. The first kappa shape index (κ1) is 11.1. The molecule has 1 unspecified atom stereocenters. The maximum atomic E-state index is 4.27. The smallest absolute Gasteiger partial charge is 0.0649 e. The van der Waals surface area contributed by atoms with Gasteiger partial charge in [-0.3, -0.25) is 9.98 Å². The molecule has 4 heteroatoms. The van der Waals surface area contributed by atoms with E-state index in [1.54, 1.807) is 0 Å². The molecule has 0 fully saturated rings. The molecule has 0 radical (unpaired) electrons. The van der Waals surface area contributed by atoms with Crippen LogP contribution < -0.4 is 0 Å². The molecule has 0 aromatic rings. The predicted molar refractivity (Wildman–Crippen MR) is 65.5 cm³/mol. The Labute approximate surface area is 88.7 Å². The van der Waals surface area contributed by atoms with Crippen LogP contribution in [-0.2, 0) is 0 Å². The van der Waals surface area contributed by atoms with E-state index >= 15 is 0 Å². The highest BCUT2D eigenvalue weighted by atomic mass is 32.2. The topological polar surface area (TPSA) is 24.7 Å². The zero-order valence-electron chi connectivity index (χ0n) is 8.41. The Balaban J connectivity index is 0.000000132. The lowest BCUT2D eigenvalue weighted by Gasteiger charge is -1.87. The molecule has 1 atom stereocenters.